The van der Waals surface area contributed by atoms with E-state index in [-0.39, 0.29) is 0 Å². The standard InChI is InChI=1S/C15H27NO/c1-2-16-12-14(11-15-9-6-10-17-15)13-7-4-3-5-8-13/h11,13,15-16H,2-10,12H2,1H3/b14-11-. The first kappa shape index (κ1) is 13.1. The van der Waals surface area contributed by atoms with Crippen molar-refractivity contribution in [2.45, 2.75) is 58.0 Å². The average Bonchev–Trinajstić information content (AvgIpc) is 2.88. The third-order valence-electron chi connectivity index (χ3n) is 4.07. The zero-order chi connectivity index (χ0) is 11.9. The molecule has 1 aliphatic carbocycles. The Morgan fingerprint density at radius 1 is 1.18 bits per heavy atom. The number of ether oxygens (including phenoxy) is 1. The first-order chi connectivity index (χ1) is 8.40. The van der Waals surface area contributed by atoms with Crippen LogP contribution in [0.2, 0.25) is 0 Å². The van der Waals surface area contributed by atoms with Gasteiger partial charge in [0.1, 0.15) is 0 Å². The molecule has 98 valence electrons. The molecule has 1 saturated heterocycles. The number of nitrogens with one attached hydrogen (secondary N) is 1. The van der Waals surface area contributed by atoms with Gasteiger partial charge in [-0.3, -0.25) is 0 Å². The normalized spacial score (nSPS) is 27.6. The largest absolute Gasteiger partial charge is 0.374 e. The molecule has 1 N–H and O–H groups in total. The Kier molecular flexibility index (Phi) is 5.53. The zero-order valence-electron chi connectivity index (χ0n) is 11.2. The van der Waals surface area contributed by atoms with Gasteiger partial charge in [0, 0.05) is 13.2 Å². The van der Waals surface area contributed by atoms with Crippen molar-refractivity contribution in [1.82, 2.24) is 5.32 Å². The molecule has 2 nitrogen and oxygen atoms in total. The van der Waals surface area contributed by atoms with Gasteiger partial charge in [0.25, 0.3) is 0 Å². The molecule has 2 rings (SSSR count). The number of rotatable bonds is 5. The molecule has 2 heteroatoms. The Morgan fingerprint density at radius 3 is 2.65 bits per heavy atom. The van der Waals surface area contributed by atoms with Crippen LogP contribution in [0.4, 0.5) is 0 Å². The van der Waals surface area contributed by atoms with Crippen molar-refractivity contribution >= 4 is 0 Å². The summed E-state index contributed by atoms with van der Waals surface area (Å²) < 4.78 is 5.75. The molecule has 1 atom stereocenters. The molecule has 17 heavy (non-hydrogen) atoms. The summed E-state index contributed by atoms with van der Waals surface area (Å²) in [4.78, 5) is 0. The second kappa shape index (κ2) is 7.17. The van der Waals surface area contributed by atoms with Gasteiger partial charge in [0.05, 0.1) is 6.10 Å². The predicted molar refractivity (Wildman–Crippen MR) is 72.2 cm³/mol. The molecule has 0 bridgehead atoms. The van der Waals surface area contributed by atoms with Crippen molar-refractivity contribution in [1.29, 1.82) is 0 Å². The Labute approximate surface area is 106 Å². The highest BCUT2D eigenvalue weighted by molar-refractivity contribution is 5.13. The quantitative estimate of drug-likeness (QED) is 0.741. The van der Waals surface area contributed by atoms with E-state index in [2.05, 4.69) is 18.3 Å². The maximum Gasteiger partial charge on any atom is 0.0759 e. The molecule has 1 saturated carbocycles. The molecule has 0 spiro atoms. The van der Waals surface area contributed by atoms with Crippen molar-refractivity contribution in [3.63, 3.8) is 0 Å². The maximum atomic E-state index is 5.75. The second-order valence-electron chi connectivity index (χ2n) is 5.41. The minimum atomic E-state index is 0.408. The van der Waals surface area contributed by atoms with Crippen LogP contribution in [0.1, 0.15) is 51.9 Å². The van der Waals surface area contributed by atoms with Gasteiger partial charge in [-0.05, 0) is 38.1 Å². The minimum absolute atomic E-state index is 0.408. The highest BCUT2D eigenvalue weighted by atomic mass is 16.5. The first-order valence-corrected chi connectivity index (χ1v) is 7.43. The van der Waals surface area contributed by atoms with Gasteiger partial charge in [0.2, 0.25) is 0 Å². The Bertz CT molecular complexity index is 237. The molecule has 0 aromatic rings. The SMILES string of the molecule is CCNC/C(=C/C1CCCO1)C1CCCCC1. The lowest BCUT2D eigenvalue weighted by atomic mass is 9.83. The van der Waals surface area contributed by atoms with Crippen LogP contribution in [0.5, 0.6) is 0 Å². The summed E-state index contributed by atoms with van der Waals surface area (Å²) in [5.74, 6) is 0.826. The maximum absolute atomic E-state index is 5.75. The third-order valence-corrected chi connectivity index (χ3v) is 4.07. The molecule has 1 heterocycles. The van der Waals surface area contributed by atoms with E-state index in [9.17, 15) is 0 Å². The fourth-order valence-electron chi connectivity index (χ4n) is 3.05. The molecule has 1 aliphatic heterocycles. The number of hydrogen-bond donors (Lipinski definition) is 1. The number of likely N-dealkylation sites (N-methyl/N-ethyl adjacent to an activating group) is 1. The Hall–Kier alpha value is -0.340. The predicted octanol–water partition coefficient (Wildman–Crippen LogP) is 3.28. The van der Waals surface area contributed by atoms with Gasteiger partial charge in [-0.25, -0.2) is 0 Å². The van der Waals surface area contributed by atoms with Gasteiger partial charge in [-0.15, -0.1) is 0 Å². The average molecular weight is 237 g/mol. The van der Waals surface area contributed by atoms with Crippen LogP contribution in [0, 0.1) is 5.92 Å². The van der Waals surface area contributed by atoms with Crippen molar-refractivity contribution < 1.29 is 4.74 Å². The van der Waals surface area contributed by atoms with Crippen molar-refractivity contribution in [3.05, 3.63) is 11.6 Å². The van der Waals surface area contributed by atoms with E-state index in [0.29, 0.717) is 6.10 Å². The summed E-state index contributed by atoms with van der Waals surface area (Å²) in [5, 5.41) is 3.50. The van der Waals surface area contributed by atoms with Gasteiger partial charge in [0.15, 0.2) is 0 Å². The van der Waals surface area contributed by atoms with Crippen LogP contribution in [0.15, 0.2) is 11.6 Å². The van der Waals surface area contributed by atoms with Gasteiger partial charge in [-0.1, -0.05) is 37.8 Å². The van der Waals surface area contributed by atoms with Crippen LogP contribution in [0.3, 0.4) is 0 Å². The highest BCUT2D eigenvalue weighted by Gasteiger charge is 2.20. The summed E-state index contributed by atoms with van der Waals surface area (Å²) in [6.45, 7) is 5.28. The Balaban J connectivity index is 1.94. The monoisotopic (exact) mass is 237 g/mol. The van der Waals surface area contributed by atoms with Gasteiger partial charge >= 0.3 is 0 Å². The summed E-state index contributed by atoms with van der Waals surface area (Å²) in [5.41, 5.74) is 1.62. The molecule has 2 fully saturated rings. The van der Waals surface area contributed by atoms with E-state index in [4.69, 9.17) is 4.74 Å². The number of hydrogen-bond acceptors (Lipinski definition) is 2. The fraction of sp³-hybridized carbons (Fsp3) is 0.867. The lowest BCUT2D eigenvalue weighted by molar-refractivity contribution is 0.144. The lowest BCUT2D eigenvalue weighted by Gasteiger charge is -2.25. The van der Waals surface area contributed by atoms with Crippen LogP contribution in [0.25, 0.3) is 0 Å². The molecule has 0 aromatic carbocycles. The first-order valence-electron chi connectivity index (χ1n) is 7.43. The molecule has 0 amide bonds. The Morgan fingerprint density at radius 2 is 2.00 bits per heavy atom. The van der Waals surface area contributed by atoms with Crippen molar-refractivity contribution in [2.75, 3.05) is 19.7 Å². The van der Waals surface area contributed by atoms with E-state index in [1.54, 1.807) is 5.57 Å². The molecule has 2 aliphatic rings. The highest BCUT2D eigenvalue weighted by Crippen LogP contribution is 2.30. The van der Waals surface area contributed by atoms with E-state index in [1.165, 1.54) is 44.9 Å². The molecule has 0 radical (unpaired) electrons. The minimum Gasteiger partial charge on any atom is -0.374 e. The summed E-state index contributed by atoms with van der Waals surface area (Å²) >= 11 is 0. The molecule has 1 unspecified atom stereocenters. The third kappa shape index (κ3) is 4.11. The van der Waals surface area contributed by atoms with Crippen LogP contribution in [-0.2, 0) is 4.74 Å². The summed E-state index contributed by atoms with van der Waals surface area (Å²) in [6, 6.07) is 0. The molecule has 0 aromatic heterocycles. The molecular weight excluding hydrogens is 210 g/mol. The van der Waals surface area contributed by atoms with E-state index < -0.39 is 0 Å². The fourth-order valence-corrected chi connectivity index (χ4v) is 3.05. The lowest BCUT2D eigenvalue weighted by Crippen LogP contribution is -2.23. The second-order valence-corrected chi connectivity index (χ2v) is 5.41. The zero-order valence-corrected chi connectivity index (χ0v) is 11.2. The van der Waals surface area contributed by atoms with Gasteiger partial charge < -0.3 is 10.1 Å². The topological polar surface area (TPSA) is 21.3 Å². The van der Waals surface area contributed by atoms with E-state index in [0.717, 1.165) is 25.6 Å². The van der Waals surface area contributed by atoms with E-state index >= 15 is 0 Å². The van der Waals surface area contributed by atoms with Crippen molar-refractivity contribution in [2.24, 2.45) is 5.92 Å². The summed E-state index contributed by atoms with van der Waals surface area (Å²) in [7, 11) is 0. The van der Waals surface area contributed by atoms with Crippen LogP contribution < -0.4 is 5.32 Å². The smallest absolute Gasteiger partial charge is 0.0759 e. The van der Waals surface area contributed by atoms with Crippen LogP contribution >= 0.6 is 0 Å². The van der Waals surface area contributed by atoms with E-state index in [1.807, 2.05) is 0 Å². The molecular formula is C15H27NO. The van der Waals surface area contributed by atoms with Crippen LogP contribution in [-0.4, -0.2) is 25.8 Å². The van der Waals surface area contributed by atoms with Crippen molar-refractivity contribution in [3.8, 4) is 0 Å². The summed E-state index contributed by atoms with van der Waals surface area (Å²) in [6.07, 6.45) is 12.4. The van der Waals surface area contributed by atoms with Gasteiger partial charge in [-0.2, -0.15) is 0 Å².